The molecule has 0 saturated carbocycles. The van der Waals surface area contributed by atoms with Crippen LogP contribution in [0.15, 0.2) is 34.9 Å². The minimum atomic E-state index is 0.621. The number of hydrogen-bond donors (Lipinski definition) is 1. The van der Waals surface area contributed by atoms with Crippen LogP contribution in [0.3, 0.4) is 0 Å². The van der Waals surface area contributed by atoms with Crippen LogP contribution in [-0.2, 0) is 6.42 Å². The smallest absolute Gasteiger partial charge is 0.226 e. The van der Waals surface area contributed by atoms with E-state index in [2.05, 4.69) is 27.2 Å². The Hall–Kier alpha value is -2.67. The molecule has 1 fully saturated rings. The fourth-order valence-corrected chi connectivity index (χ4v) is 3.79. The van der Waals surface area contributed by atoms with E-state index in [0.29, 0.717) is 17.5 Å². The van der Waals surface area contributed by atoms with Gasteiger partial charge < -0.3 is 15.2 Å². The number of nitrogens with zero attached hydrogens (tertiary/aromatic N) is 5. The highest BCUT2D eigenvalue weighted by molar-refractivity contribution is 5.57. The summed E-state index contributed by atoms with van der Waals surface area (Å²) in [4.78, 5) is 6.98. The van der Waals surface area contributed by atoms with Crippen LogP contribution >= 0.6 is 0 Å². The van der Waals surface area contributed by atoms with Crippen molar-refractivity contribution in [3.63, 3.8) is 0 Å². The highest BCUT2D eigenvalue weighted by Gasteiger charge is 2.18. The van der Waals surface area contributed by atoms with Crippen LogP contribution in [0.1, 0.15) is 30.8 Å². The van der Waals surface area contributed by atoms with Gasteiger partial charge in [0.15, 0.2) is 0 Å². The number of aryl methyl sites for hydroxylation is 2. The average Bonchev–Trinajstić information content (AvgIpc) is 3.26. The lowest BCUT2D eigenvalue weighted by atomic mass is 9.94. The highest BCUT2D eigenvalue weighted by atomic mass is 16.5. The molecule has 1 aromatic carbocycles. The molecule has 4 rings (SSSR count). The predicted octanol–water partition coefficient (Wildman–Crippen LogP) is 3.09. The lowest BCUT2D eigenvalue weighted by molar-refractivity contribution is 0.199. The number of nitrogen functional groups attached to an aromatic ring is 1. The third kappa shape index (κ3) is 4.03. The molecule has 2 N–H and O–H groups in total. The van der Waals surface area contributed by atoms with Crippen LogP contribution in [0.4, 0.5) is 5.82 Å². The summed E-state index contributed by atoms with van der Waals surface area (Å²) in [5.74, 6) is 2.69. The summed E-state index contributed by atoms with van der Waals surface area (Å²) in [6.07, 6.45) is 4.52. The maximum atomic E-state index is 5.99. The van der Waals surface area contributed by atoms with Crippen molar-refractivity contribution in [3.8, 4) is 17.1 Å². The van der Waals surface area contributed by atoms with Crippen molar-refractivity contribution in [2.24, 2.45) is 5.92 Å². The lowest BCUT2D eigenvalue weighted by Crippen LogP contribution is -2.32. The topological polar surface area (TPSA) is 86.0 Å². The summed E-state index contributed by atoms with van der Waals surface area (Å²) in [5, 5.41) is 8.55. The zero-order valence-corrected chi connectivity index (χ0v) is 15.9. The molecule has 0 aliphatic carbocycles. The zero-order chi connectivity index (χ0) is 18.8. The van der Waals surface area contributed by atoms with Crippen LogP contribution in [0.2, 0.25) is 0 Å². The first-order chi connectivity index (χ1) is 13.1. The molecule has 142 valence electrons. The van der Waals surface area contributed by atoms with Gasteiger partial charge in [-0.1, -0.05) is 5.16 Å². The fraction of sp³-hybridized carbons (Fsp3) is 0.450. The van der Waals surface area contributed by atoms with Gasteiger partial charge in [-0.3, -0.25) is 0 Å². The summed E-state index contributed by atoms with van der Waals surface area (Å²) in [6.45, 7) is 4.30. The minimum Gasteiger partial charge on any atom is -0.384 e. The van der Waals surface area contributed by atoms with Gasteiger partial charge in [0.05, 0.1) is 11.4 Å². The van der Waals surface area contributed by atoms with Crippen molar-refractivity contribution < 1.29 is 4.52 Å². The van der Waals surface area contributed by atoms with Crippen LogP contribution < -0.4 is 5.73 Å². The van der Waals surface area contributed by atoms with Gasteiger partial charge in [0.25, 0.3) is 0 Å². The predicted molar refractivity (Wildman–Crippen MR) is 105 cm³/mol. The summed E-state index contributed by atoms with van der Waals surface area (Å²) in [5.41, 5.74) is 8.72. The van der Waals surface area contributed by atoms with E-state index in [1.54, 1.807) is 4.68 Å². The molecule has 0 unspecified atom stereocenters. The molecule has 0 spiro atoms. The third-order valence-electron chi connectivity index (χ3n) is 5.19. The van der Waals surface area contributed by atoms with Gasteiger partial charge in [-0.25, -0.2) is 4.68 Å². The van der Waals surface area contributed by atoms with Crippen molar-refractivity contribution >= 4 is 5.82 Å². The Morgan fingerprint density at radius 1 is 1.26 bits per heavy atom. The standard InChI is InChI=1S/C20H26N6O/c1-14-12-18(21)26(23-14)17-8-6-16(7-9-17)20-22-19(27-24-20)10-5-15-4-3-11-25(2)13-15/h6-9,12,15H,3-5,10-11,13,21H2,1-2H3/t15-/m1/s1. The zero-order valence-electron chi connectivity index (χ0n) is 15.9. The summed E-state index contributed by atoms with van der Waals surface area (Å²) >= 11 is 0. The van der Waals surface area contributed by atoms with Gasteiger partial charge >= 0.3 is 0 Å². The number of likely N-dealkylation sites (tertiary alicyclic amines) is 1. The maximum Gasteiger partial charge on any atom is 0.226 e. The van der Waals surface area contributed by atoms with Gasteiger partial charge in [-0.2, -0.15) is 10.1 Å². The van der Waals surface area contributed by atoms with Crippen LogP contribution in [0, 0.1) is 12.8 Å². The molecule has 7 nitrogen and oxygen atoms in total. The fourth-order valence-electron chi connectivity index (χ4n) is 3.79. The van der Waals surface area contributed by atoms with E-state index in [9.17, 15) is 0 Å². The molecule has 3 aromatic rings. The molecular weight excluding hydrogens is 340 g/mol. The number of aromatic nitrogens is 4. The summed E-state index contributed by atoms with van der Waals surface area (Å²) < 4.78 is 7.19. The van der Waals surface area contributed by atoms with E-state index in [-0.39, 0.29) is 0 Å². The SMILES string of the molecule is Cc1cc(N)n(-c2ccc(-c3noc(CC[C@H]4CCCN(C)C4)n3)cc2)n1. The Morgan fingerprint density at radius 3 is 2.78 bits per heavy atom. The lowest BCUT2D eigenvalue weighted by Gasteiger charge is -2.29. The second kappa shape index (κ2) is 7.52. The number of rotatable bonds is 5. The summed E-state index contributed by atoms with van der Waals surface area (Å²) in [6, 6.07) is 9.72. The molecular formula is C20H26N6O. The number of nitrogens with two attached hydrogens (primary N) is 1. The molecule has 1 aliphatic heterocycles. The molecule has 7 heteroatoms. The minimum absolute atomic E-state index is 0.621. The van der Waals surface area contributed by atoms with Gasteiger partial charge in [0, 0.05) is 24.6 Å². The van der Waals surface area contributed by atoms with Crippen molar-refractivity contribution in [1.82, 2.24) is 24.8 Å². The first kappa shape index (κ1) is 17.7. The van der Waals surface area contributed by atoms with Crippen LogP contribution in [0.25, 0.3) is 17.1 Å². The Morgan fingerprint density at radius 2 is 2.07 bits per heavy atom. The van der Waals surface area contributed by atoms with Crippen molar-refractivity contribution in [3.05, 3.63) is 41.9 Å². The Labute approximate surface area is 159 Å². The Kier molecular flexibility index (Phi) is 4.94. The third-order valence-corrected chi connectivity index (χ3v) is 5.19. The molecule has 3 heterocycles. The molecule has 0 bridgehead atoms. The Balaban J connectivity index is 1.41. The molecule has 1 saturated heterocycles. The maximum absolute atomic E-state index is 5.99. The molecule has 27 heavy (non-hydrogen) atoms. The normalized spacial score (nSPS) is 18.1. The molecule has 1 aliphatic rings. The average molecular weight is 366 g/mol. The number of benzene rings is 1. The van der Waals surface area contributed by atoms with E-state index in [4.69, 9.17) is 10.3 Å². The van der Waals surface area contributed by atoms with Crippen LogP contribution in [0.5, 0.6) is 0 Å². The van der Waals surface area contributed by atoms with E-state index >= 15 is 0 Å². The Bertz CT molecular complexity index is 898. The molecule has 0 radical (unpaired) electrons. The molecule has 1 atom stereocenters. The van der Waals surface area contributed by atoms with Crippen molar-refractivity contribution in [2.45, 2.75) is 32.6 Å². The van der Waals surface area contributed by atoms with Gasteiger partial charge in [-0.15, -0.1) is 0 Å². The number of anilines is 1. The van der Waals surface area contributed by atoms with Gasteiger partial charge in [0.2, 0.25) is 11.7 Å². The van der Waals surface area contributed by atoms with E-state index in [1.807, 2.05) is 37.3 Å². The molecule has 2 aromatic heterocycles. The molecule has 0 amide bonds. The van der Waals surface area contributed by atoms with Crippen molar-refractivity contribution in [2.75, 3.05) is 25.9 Å². The highest BCUT2D eigenvalue weighted by Crippen LogP contribution is 2.23. The quantitative estimate of drug-likeness (QED) is 0.747. The first-order valence-electron chi connectivity index (χ1n) is 9.52. The summed E-state index contributed by atoms with van der Waals surface area (Å²) in [7, 11) is 2.19. The largest absolute Gasteiger partial charge is 0.384 e. The van der Waals surface area contributed by atoms with E-state index < -0.39 is 0 Å². The van der Waals surface area contributed by atoms with E-state index in [0.717, 1.165) is 35.7 Å². The van der Waals surface area contributed by atoms with Crippen molar-refractivity contribution in [1.29, 1.82) is 0 Å². The van der Waals surface area contributed by atoms with Gasteiger partial charge in [0.1, 0.15) is 5.82 Å². The monoisotopic (exact) mass is 366 g/mol. The number of hydrogen-bond acceptors (Lipinski definition) is 6. The van der Waals surface area contributed by atoms with Crippen LogP contribution in [-0.4, -0.2) is 45.0 Å². The second-order valence-corrected chi connectivity index (χ2v) is 7.49. The number of piperidine rings is 1. The second-order valence-electron chi connectivity index (χ2n) is 7.49. The van der Waals surface area contributed by atoms with E-state index in [1.165, 1.54) is 25.9 Å². The van der Waals surface area contributed by atoms with Gasteiger partial charge in [-0.05, 0) is 70.0 Å². The first-order valence-corrected chi connectivity index (χ1v) is 9.52.